The second kappa shape index (κ2) is 6.23. The first-order valence-electron chi connectivity index (χ1n) is 6.70. The maximum Gasteiger partial charge on any atom is 0.223 e. The van der Waals surface area contributed by atoms with E-state index in [2.05, 4.69) is 10.4 Å². The highest BCUT2D eigenvalue weighted by Crippen LogP contribution is 2.24. The van der Waals surface area contributed by atoms with E-state index in [-0.39, 0.29) is 11.8 Å². The molecule has 1 N–H and O–H groups in total. The Morgan fingerprint density at radius 1 is 1.50 bits per heavy atom. The number of nitrogens with zero attached hydrogens (tertiary/aromatic N) is 2. The molecule has 0 aliphatic heterocycles. The van der Waals surface area contributed by atoms with Crippen LogP contribution < -0.4 is 5.32 Å². The molecule has 0 atom stereocenters. The van der Waals surface area contributed by atoms with Crippen LogP contribution in [0.4, 0.5) is 0 Å². The van der Waals surface area contributed by atoms with Crippen molar-refractivity contribution in [3.63, 3.8) is 0 Å². The van der Waals surface area contributed by atoms with E-state index in [1.165, 1.54) is 19.3 Å². The van der Waals surface area contributed by atoms with E-state index in [9.17, 15) is 4.79 Å². The van der Waals surface area contributed by atoms with Crippen LogP contribution in [0.15, 0.2) is 6.20 Å². The van der Waals surface area contributed by atoms with Crippen LogP contribution in [0.3, 0.4) is 0 Å². The predicted molar refractivity (Wildman–Crippen MR) is 71.3 cm³/mol. The van der Waals surface area contributed by atoms with Gasteiger partial charge in [-0.05, 0) is 19.8 Å². The molecule has 4 nitrogen and oxygen atoms in total. The fourth-order valence-corrected chi connectivity index (χ4v) is 2.72. The van der Waals surface area contributed by atoms with Crippen LogP contribution in [-0.2, 0) is 17.9 Å². The van der Waals surface area contributed by atoms with Gasteiger partial charge in [0.15, 0.2) is 0 Å². The van der Waals surface area contributed by atoms with Crippen molar-refractivity contribution >= 4 is 17.5 Å². The SMILES string of the molecule is CCn1ncc(Cl)c1CNC(=O)C1CCCCC1. The summed E-state index contributed by atoms with van der Waals surface area (Å²) in [6.07, 6.45) is 7.28. The molecule has 0 saturated heterocycles. The van der Waals surface area contributed by atoms with Gasteiger partial charge in [0.2, 0.25) is 5.91 Å². The molecule has 1 saturated carbocycles. The smallest absolute Gasteiger partial charge is 0.223 e. The zero-order chi connectivity index (χ0) is 13.0. The largest absolute Gasteiger partial charge is 0.350 e. The standard InChI is InChI=1S/C13H20ClN3O/c1-2-17-12(11(14)8-16-17)9-15-13(18)10-6-4-3-5-7-10/h8,10H,2-7,9H2,1H3,(H,15,18). The zero-order valence-corrected chi connectivity index (χ0v) is 11.5. The number of halogens is 1. The second-order valence-corrected chi connectivity index (χ2v) is 5.21. The molecule has 100 valence electrons. The van der Waals surface area contributed by atoms with E-state index in [1.54, 1.807) is 6.20 Å². The van der Waals surface area contributed by atoms with E-state index in [1.807, 2.05) is 11.6 Å². The lowest BCUT2D eigenvalue weighted by atomic mass is 9.89. The van der Waals surface area contributed by atoms with Crippen molar-refractivity contribution in [2.45, 2.75) is 52.1 Å². The highest BCUT2D eigenvalue weighted by atomic mass is 35.5. The van der Waals surface area contributed by atoms with Crippen LogP contribution in [0.1, 0.15) is 44.7 Å². The Morgan fingerprint density at radius 3 is 2.89 bits per heavy atom. The summed E-state index contributed by atoms with van der Waals surface area (Å²) in [6, 6.07) is 0. The molecule has 0 aromatic carbocycles. The van der Waals surface area contributed by atoms with Gasteiger partial charge < -0.3 is 5.32 Å². The Kier molecular flexibility index (Phi) is 4.64. The third-order valence-electron chi connectivity index (χ3n) is 3.60. The number of carbonyl (C=O) groups excluding carboxylic acids is 1. The minimum atomic E-state index is 0.162. The molecule has 5 heteroatoms. The Labute approximate surface area is 113 Å². The Hall–Kier alpha value is -1.03. The summed E-state index contributed by atoms with van der Waals surface area (Å²) >= 11 is 6.06. The number of hydrogen-bond donors (Lipinski definition) is 1. The minimum Gasteiger partial charge on any atom is -0.350 e. The average Bonchev–Trinajstić information content (AvgIpc) is 2.77. The summed E-state index contributed by atoms with van der Waals surface area (Å²) in [4.78, 5) is 12.0. The molecule has 1 aromatic heterocycles. The number of hydrogen-bond acceptors (Lipinski definition) is 2. The quantitative estimate of drug-likeness (QED) is 0.914. The fraction of sp³-hybridized carbons (Fsp3) is 0.692. The first-order chi connectivity index (χ1) is 8.72. The Balaban J connectivity index is 1.90. The highest BCUT2D eigenvalue weighted by molar-refractivity contribution is 6.31. The van der Waals surface area contributed by atoms with Gasteiger partial charge in [-0.2, -0.15) is 5.10 Å². The lowest BCUT2D eigenvalue weighted by Gasteiger charge is -2.20. The maximum absolute atomic E-state index is 12.0. The van der Waals surface area contributed by atoms with Gasteiger partial charge in [-0.15, -0.1) is 0 Å². The van der Waals surface area contributed by atoms with E-state index in [0.717, 1.165) is 25.1 Å². The average molecular weight is 270 g/mol. The molecule has 0 radical (unpaired) electrons. The summed E-state index contributed by atoms with van der Waals surface area (Å²) in [5, 5.41) is 7.77. The van der Waals surface area contributed by atoms with E-state index < -0.39 is 0 Å². The first kappa shape index (κ1) is 13.4. The lowest BCUT2D eigenvalue weighted by molar-refractivity contribution is -0.126. The number of aromatic nitrogens is 2. The molecule has 1 fully saturated rings. The van der Waals surface area contributed by atoms with E-state index in [4.69, 9.17) is 11.6 Å². The summed E-state index contributed by atoms with van der Waals surface area (Å²) in [6.45, 7) is 3.25. The lowest BCUT2D eigenvalue weighted by Crippen LogP contribution is -2.32. The van der Waals surface area contributed by atoms with Gasteiger partial charge in [-0.1, -0.05) is 30.9 Å². The van der Waals surface area contributed by atoms with Gasteiger partial charge in [-0.25, -0.2) is 0 Å². The second-order valence-electron chi connectivity index (χ2n) is 4.81. The van der Waals surface area contributed by atoms with Crippen LogP contribution in [0.25, 0.3) is 0 Å². The third-order valence-corrected chi connectivity index (χ3v) is 3.92. The van der Waals surface area contributed by atoms with Gasteiger partial charge in [0.05, 0.1) is 23.5 Å². The number of nitrogens with one attached hydrogen (secondary N) is 1. The molecule has 0 bridgehead atoms. The normalized spacial score (nSPS) is 16.8. The van der Waals surface area contributed by atoms with Crippen LogP contribution in [0.5, 0.6) is 0 Å². The van der Waals surface area contributed by atoms with Crippen molar-refractivity contribution in [1.29, 1.82) is 0 Å². The van der Waals surface area contributed by atoms with Crippen molar-refractivity contribution in [1.82, 2.24) is 15.1 Å². The summed E-state index contributed by atoms with van der Waals surface area (Å²) in [5.41, 5.74) is 0.892. The molecule has 1 heterocycles. The predicted octanol–water partition coefficient (Wildman–Crippen LogP) is 2.75. The molecule has 0 spiro atoms. The summed E-state index contributed by atoms with van der Waals surface area (Å²) < 4.78 is 1.82. The maximum atomic E-state index is 12.0. The zero-order valence-electron chi connectivity index (χ0n) is 10.8. The number of aryl methyl sites for hydroxylation is 1. The summed E-state index contributed by atoms with van der Waals surface area (Å²) in [5.74, 6) is 0.352. The highest BCUT2D eigenvalue weighted by Gasteiger charge is 2.21. The van der Waals surface area contributed by atoms with E-state index >= 15 is 0 Å². The first-order valence-corrected chi connectivity index (χ1v) is 7.08. The Morgan fingerprint density at radius 2 is 2.22 bits per heavy atom. The molecule has 2 rings (SSSR count). The van der Waals surface area contributed by atoms with Gasteiger partial charge in [0.25, 0.3) is 0 Å². The monoisotopic (exact) mass is 269 g/mol. The number of rotatable bonds is 4. The molecular formula is C13H20ClN3O. The topological polar surface area (TPSA) is 46.9 Å². The van der Waals surface area contributed by atoms with Gasteiger partial charge in [-0.3, -0.25) is 9.48 Å². The van der Waals surface area contributed by atoms with Crippen molar-refractivity contribution in [3.8, 4) is 0 Å². The molecule has 18 heavy (non-hydrogen) atoms. The minimum absolute atomic E-state index is 0.162. The molecule has 1 amide bonds. The van der Waals surface area contributed by atoms with Gasteiger partial charge >= 0.3 is 0 Å². The van der Waals surface area contributed by atoms with Crippen LogP contribution in [-0.4, -0.2) is 15.7 Å². The van der Waals surface area contributed by atoms with Crippen LogP contribution in [0.2, 0.25) is 5.02 Å². The molecule has 1 aliphatic rings. The van der Waals surface area contributed by atoms with E-state index in [0.29, 0.717) is 11.6 Å². The Bertz CT molecular complexity index is 410. The van der Waals surface area contributed by atoms with Crippen LogP contribution >= 0.6 is 11.6 Å². The molecule has 1 aliphatic carbocycles. The van der Waals surface area contributed by atoms with Gasteiger partial charge in [0.1, 0.15) is 0 Å². The van der Waals surface area contributed by atoms with Crippen molar-refractivity contribution in [2.75, 3.05) is 0 Å². The van der Waals surface area contributed by atoms with Crippen molar-refractivity contribution < 1.29 is 4.79 Å². The third kappa shape index (κ3) is 3.05. The summed E-state index contributed by atoms with van der Waals surface area (Å²) in [7, 11) is 0. The fourth-order valence-electron chi connectivity index (χ4n) is 2.52. The number of carbonyl (C=O) groups is 1. The van der Waals surface area contributed by atoms with Crippen molar-refractivity contribution in [2.24, 2.45) is 5.92 Å². The molecular weight excluding hydrogens is 250 g/mol. The van der Waals surface area contributed by atoms with Crippen LogP contribution in [0, 0.1) is 5.92 Å². The molecule has 0 unspecified atom stereocenters. The molecule has 1 aromatic rings. The van der Waals surface area contributed by atoms with Gasteiger partial charge in [0, 0.05) is 12.5 Å². The van der Waals surface area contributed by atoms with Crippen molar-refractivity contribution in [3.05, 3.63) is 16.9 Å². The number of amides is 1.